The van der Waals surface area contributed by atoms with E-state index in [4.69, 9.17) is 0 Å². The fourth-order valence-corrected chi connectivity index (χ4v) is 5.22. The summed E-state index contributed by atoms with van der Waals surface area (Å²) >= 11 is 0. The summed E-state index contributed by atoms with van der Waals surface area (Å²) in [6.45, 7) is 11.1. The van der Waals surface area contributed by atoms with E-state index in [1.165, 1.54) is 17.3 Å². The van der Waals surface area contributed by atoms with Crippen molar-refractivity contribution in [2.24, 2.45) is 0 Å². The number of hydrogen-bond acceptors (Lipinski definition) is 3. The third-order valence-electron chi connectivity index (χ3n) is 6.38. The van der Waals surface area contributed by atoms with Gasteiger partial charge >= 0.3 is 6.03 Å². The summed E-state index contributed by atoms with van der Waals surface area (Å²) in [5.41, 5.74) is 3.88. The van der Waals surface area contributed by atoms with Crippen LogP contribution in [-0.4, -0.2) is 28.4 Å². The Kier molecular flexibility index (Phi) is 5.57. The number of benzene rings is 2. The van der Waals surface area contributed by atoms with Gasteiger partial charge in [0.15, 0.2) is 0 Å². The van der Waals surface area contributed by atoms with Gasteiger partial charge in [-0.25, -0.2) is 9.18 Å². The molecule has 1 saturated heterocycles. The SMILES string of the molecule is CC(C)N1c2ccc(/C=C3\NC(=O)N(Cc4ccccc4F)C3=O)cc2[C@@H](C)CC1(C)C. The molecule has 0 bridgehead atoms. The molecule has 5 nitrogen and oxygen atoms in total. The van der Waals surface area contributed by atoms with E-state index in [1.54, 1.807) is 24.3 Å². The van der Waals surface area contributed by atoms with Crippen LogP contribution in [0, 0.1) is 5.82 Å². The molecule has 0 aromatic heterocycles. The first kappa shape index (κ1) is 22.1. The molecule has 1 fully saturated rings. The Morgan fingerprint density at radius 1 is 1.19 bits per heavy atom. The molecule has 1 N–H and O–H groups in total. The summed E-state index contributed by atoms with van der Waals surface area (Å²) < 4.78 is 14.0. The lowest BCUT2D eigenvalue weighted by Gasteiger charge is -2.50. The molecule has 0 aliphatic carbocycles. The van der Waals surface area contributed by atoms with E-state index < -0.39 is 17.8 Å². The number of nitrogens with zero attached hydrogens (tertiary/aromatic N) is 2. The van der Waals surface area contributed by atoms with Crippen molar-refractivity contribution in [3.05, 3.63) is 70.7 Å². The van der Waals surface area contributed by atoms with Crippen molar-refractivity contribution in [2.75, 3.05) is 4.90 Å². The molecule has 1 atom stereocenters. The van der Waals surface area contributed by atoms with Crippen LogP contribution in [0.2, 0.25) is 0 Å². The van der Waals surface area contributed by atoms with E-state index in [0.29, 0.717) is 17.5 Å². The van der Waals surface area contributed by atoms with Gasteiger partial charge in [-0.3, -0.25) is 9.69 Å². The molecule has 32 heavy (non-hydrogen) atoms. The lowest BCUT2D eigenvalue weighted by atomic mass is 9.79. The molecule has 2 aliphatic rings. The Hall–Kier alpha value is -3.15. The van der Waals surface area contributed by atoms with Gasteiger partial charge in [0.2, 0.25) is 0 Å². The van der Waals surface area contributed by atoms with E-state index in [1.807, 2.05) is 6.07 Å². The van der Waals surface area contributed by atoms with Gasteiger partial charge in [0.25, 0.3) is 5.91 Å². The van der Waals surface area contributed by atoms with Crippen LogP contribution in [0.25, 0.3) is 6.08 Å². The van der Waals surface area contributed by atoms with Gasteiger partial charge < -0.3 is 10.2 Å². The number of carbonyl (C=O) groups is 2. The molecule has 0 radical (unpaired) electrons. The molecule has 168 valence electrons. The molecule has 4 rings (SSSR count). The molecule has 2 aliphatic heterocycles. The average Bonchev–Trinajstić information content (AvgIpc) is 2.96. The Morgan fingerprint density at radius 3 is 2.59 bits per heavy atom. The summed E-state index contributed by atoms with van der Waals surface area (Å²) in [4.78, 5) is 28.8. The number of anilines is 1. The number of imide groups is 1. The van der Waals surface area contributed by atoms with Crippen molar-refractivity contribution in [1.29, 1.82) is 0 Å². The molecule has 2 aromatic rings. The van der Waals surface area contributed by atoms with Crippen molar-refractivity contribution in [1.82, 2.24) is 10.2 Å². The zero-order valence-corrected chi connectivity index (χ0v) is 19.3. The number of rotatable bonds is 4. The number of hydrogen-bond donors (Lipinski definition) is 1. The first-order valence-electron chi connectivity index (χ1n) is 11.1. The van der Waals surface area contributed by atoms with E-state index >= 15 is 0 Å². The quantitative estimate of drug-likeness (QED) is 0.515. The van der Waals surface area contributed by atoms with Crippen LogP contribution < -0.4 is 10.2 Å². The van der Waals surface area contributed by atoms with E-state index in [2.05, 4.69) is 57.0 Å². The smallest absolute Gasteiger partial charge is 0.329 e. The highest BCUT2D eigenvalue weighted by molar-refractivity contribution is 6.13. The summed E-state index contributed by atoms with van der Waals surface area (Å²) in [7, 11) is 0. The average molecular weight is 436 g/mol. The Balaban J connectivity index is 1.62. The van der Waals surface area contributed by atoms with Gasteiger partial charge in [-0.05, 0) is 75.4 Å². The van der Waals surface area contributed by atoms with Crippen LogP contribution in [0.3, 0.4) is 0 Å². The molecule has 0 saturated carbocycles. The second-order valence-corrected chi connectivity index (χ2v) is 9.67. The van der Waals surface area contributed by atoms with Gasteiger partial charge in [0, 0.05) is 22.8 Å². The van der Waals surface area contributed by atoms with Gasteiger partial charge in [-0.2, -0.15) is 0 Å². The largest absolute Gasteiger partial charge is 0.364 e. The highest BCUT2D eigenvalue weighted by Crippen LogP contribution is 2.44. The fraction of sp³-hybridized carbons (Fsp3) is 0.385. The third kappa shape index (κ3) is 3.90. The van der Waals surface area contributed by atoms with E-state index in [0.717, 1.165) is 16.9 Å². The van der Waals surface area contributed by atoms with Crippen molar-refractivity contribution >= 4 is 23.7 Å². The molecular weight excluding hydrogens is 405 g/mol. The molecule has 0 spiro atoms. The number of fused-ring (bicyclic) bond motifs is 1. The Bertz CT molecular complexity index is 1110. The zero-order valence-electron chi connectivity index (χ0n) is 19.3. The summed E-state index contributed by atoms with van der Waals surface area (Å²) in [6, 6.07) is 12.2. The molecule has 3 amide bonds. The van der Waals surface area contributed by atoms with Gasteiger partial charge in [-0.1, -0.05) is 31.2 Å². The predicted molar refractivity (Wildman–Crippen MR) is 125 cm³/mol. The summed E-state index contributed by atoms with van der Waals surface area (Å²) in [6.07, 6.45) is 2.73. The first-order valence-corrected chi connectivity index (χ1v) is 11.1. The minimum atomic E-state index is -0.538. The van der Waals surface area contributed by atoms with Crippen LogP contribution in [0.15, 0.2) is 48.2 Å². The van der Waals surface area contributed by atoms with Crippen molar-refractivity contribution in [3.8, 4) is 0 Å². The maximum absolute atomic E-state index is 14.0. The fourth-order valence-electron chi connectivity index (χ4n) is 5.22. The molecular formula is C26H30FN3O2. The number of amides is 3. The number of halogens is 1. The van der Waals surface area contributed by atoms with Gasteiger partial charge in [0.1, 0.15) is 11.5 Å². The number of carbonyl (C=O) groups excluding carboxylic acids is 2. The van der Waals surface area contributed by atoms with Crippen molar-refractivity contribution in [2.45, 2.75) is 65.1 Å². The van der Waals surface area contributed by atoms with Crippen molar-refractivity contribution in [3.63, 3.8) is 0 Å². The lowest BCUT2D eigenvalue weighted by molar-refractivity contribution is -0.123. The summed E-state index contributed by atoms with van der Waals surface area (Å²) in [5, 5.41) is 2.64. The van der Waals surface area contributed by atoms with E-state index in [-0.39, 0.29) is 17.8 Å². The van der Waals surface area contributed by atoms with Crippen LogP contribution in [0.1, 0.15) is 63.6 Å². The van der Waals surface area contributed by atoms with Crippen LogP contribution in [0.4, 0.5) is 14.9 Å². The maximum Gasteiger partial charge on any atom is 0.329 e. The normalized spacial score (nSPS) is 21.3. The zero-order chi connectivity index (χ0) is 23.2. The monoisotopic (exact) mass is 435 g/mol. The summed E-state index contributed by atoms with van der Waals surface area (Å²) in [5.74, 6) is -0.513. The van der Waals surface area contributed by atoms with Crippen molar-refractivity contribution < 1.29 is 14.0 Å². The highest BCUT2D eigenvalue weighted by atomic mass is 19.1. The van der Waals surface area contributed by atoms with E-state index in [9.17, 15) is 14.0 Å². The minimum Gasteiger partial charge on any atom is -0.364 e. The van der Waals surface area contributed by atoms with Gasteiger partial charge in [-0.15, -0.1) is 0 Å². The Morgan fingerprint density at radius 2 is 1.91 bits per heavy atom. The number of nitrogens with one attached hydrogen (secondary N) is 1. The second-order valence-electron chi connectivity index (χ2n) is 9.67. The van der Waals surface area contributed by atoms with Crippen LogP contribution in [-0.2, 0) is 11.3 Å². The van der Waals surface area contributed by atoms with Gasteiger partial charge in [0.05, 0.1) is 6.54 Å². The first-order chi connectivity index (χ1) is 15.1. The minimum absolute atomic E-state index is 0.0587. The second kappa shape index (κ2) is 8.08. The standard InChI is InChI=1S/C26H30FN3O2/c1-16(2)30-23-11-10-18(12-20(23)17(3)14-26(30,4)5)13-22-24(31)29(25(32)28-22)15-19-8-6-7-9-21(19)27/h6-13,16-17H,14-15H2,1-5H3,(H,28,32)/b22-13-/t17-/m0/s1. The molecule has 2 heterocycles. The van der Waals surface area contributed by atoms with Crippen LogP contribution in [0.5, 0.6) is 0 Å². The third-order valence-corrected chi connectivity index (χ3v) is 6.38. The number of urea groups is 1. The molecule has 0 unspecified atom stereocenters. The highest BCUT2D eigenvalue weighted by Gasteiger charge is 2.38. The topological polar surface area (TPSA) is 52.7 Å². The van der Waals surface area contributed by atoms with Crippen LogP contribution >= 0.6 is 0 Å². The maximum atomic E-state index is 14.0. The predicted octanol–water partition coefficient (Wildman–Crippen LogP) is 5.42. The molecule has 2 aromatic carbocycles. The Labute approximate surface area is 188 Å². The lowest BCUT2D eigenvalue weighted by Crippen LogP contribution is -2.51. The molecule has 6 heteroatoms.